The van der Waals surface area contributed by atoms with Gasteiger partial charge in [0.25, 0.3) is 0 Å². The van der Waals surface area contributed by atoms with Crippen molar-refractivity contribution in [3.05, 3.63) is 0 Å². The van der Waals surface area contributed by atoms with E-state index in [1.807, 2.05) is 6.92 Å². The minimum atomic E-state index is -4.16. The second kappa shape index (κ2) is 6.00. The summed E-state index contributed by atoms with van der Waals surface area (Å²) in [7, 11) is 0. The standard InChI is InChI=1S/C14H24F3NO/c1-2-8-18-12(14(15,16)17)11-5-9-19-13(10-11)6-3-4-7-13/h11-12,18H,2-10H2,1H3. The summed E-state index contributed by atoms with van der Waals surface area (Å²) in [5.74, 6) is -0.335. The van der Waals surface area contributed by atoms with Crippen LogP contribution in [0.2, 0.25) is 0 Å². The molecule has 2 atom stereocenters. The zero-order valence-corrected chi connectivity index (χ0v) is 11.6. The smallest absolute Gasteiger partial charge is 0.375 e. The van der Waals surface area contributed by atoms with Crippen LogP contribution in [-0.2, 0) is 4.74 Å². The Balaban J connectivity index is 2.03. The number of ether oxygens (including phenoxy) is 1. The van der Waals surface area contributed by atoms with Crippen LogP contribution < -0.4 is 5.32 Å². The molecule has 0 radical (unpaired) electrons. The molecule has 19 heavy (non-hydrogen) atoms. The highest BCUT2D eigenvalue weighted by Gasteiger charge is 2.49. The number of halogens is 3. The molecule has 0 aromatic carbocycles. The van der Waals surface area contributed by atoms with E-state index in [1.165, 1.54) is 0 Å². The number of alkyl halides is 3. The second-order valence-corrected chi connectivity index (χ2v) is 5.96. The van der Waals surface area contributed by atoms with Crippen LogP contribution in [0.1, 0.15) is 51.9 Å². The molecule has 2 fully saturated rings. The first kappa shape index (κ1) is 15.1. The van der Waals surface area contributed by atoms with Gasteiger partial charge in [-0.2, -0.15) is 13.2 Å². The molecule has 0 bridgehead atoms. The van der Waals surface area contributed by atoms with E-state index in [2.05, 4.69) is 5.32 Å². The topological polar surface area (TPSA) is 21.3 Å². The molecule has 1 N–H and O–H groups in total. The molecular formula is C14H24F3NO. The van der Waals surface area contributed by atoms with E-state index in [-0.39, 0.29) is 11.5 Å². The third-order valence-electron chi connectivity index (χ3n) is 4.48. The highest BCUT2D eigenvalue weighted by atomic mass is 19.4. The first-order valence-corrected chi connectivity index (χ1v) is 7.41. The van der Waals surface area contributed by atoms with Crippen LogP contribution in [0.4, 0.5) is 13.2 Å². The lowest BCUT2D eigenvalue weighted by Crippen LogP contribution is -2.52. The highest BCUT2D eigenvalue weighted by molar-refractivity contribution is 4.96. The maximum absolute atomic E-state index is 13.2. The Morgan fingerprint density at radius 1 is 1.32 bits per heavy atom. The summed E-state index contributed by atoms with van der Waals surface area (Å²) in [6, 6.07) is -1.37. The van der Waals surface area contributed by atoms with E-state index in [4.69, 9.17) is 4.74 Å². The second-order valence-electron chi connectivity index (χ2n) is 5.96. The SMILES string of the molecule is CCCNC(C1CCOC2(CCCC2)C1)C(F)(F)F. The Bertz CT molecular complexity index is 287. The lowest BCUT2D eigenvalue weighted by Gasteiger charge is -2.42. The van der Waals surface area contributed by atoms with Crippen molar-refractivity contribution in [1.29, 1.82) is 0 Å². The summed E-state index contributed by atoms with van der Waals surface area (Å²) in [6.07, 6.45) is 1.69. The van der Waals surface area contributed by atoms with Crippen LogP contribution in [0.15, 0.2) is 0 Å². The van der Waals surface area contributed by atoms with Gasteiger partial charge in [0.2, 0.25) is 0 Å². The summed E-state index contributed by atoms with van der Waals surface area (Å²) >= 11 is 0. The largest absolute Gasteiger partial charge is 0.404 e. The number of nitrogens with one attached hydrogen (secondary N) is 1. The molecule has 2 unspecified atom stereocenters. The van der Waals surface area contributed by atoms with Gasteiger partial charge in [-0.25, -0.2) is 0 Å². The van der Waals surface area contributed by atoms with Crippen molar-refractivity contribution >= 4 is 0 Å². The monoisotopic (exact) mass is 279 g/mol. The van der Waals surface area contributed by atoms with Crippen molar-refractivity contribution in [2.24, 2.45) is 5.92 Å². The molecule has 1 aliphatic heterocycles. The van der Waals surface area contributed by atoms with Crippen LogP contribution in [-0.4, -0.2) is 31.0 Å². The normalized spacial score (nSPS) is 28.7. The van der Waals surface area contributed by atoms with Crippen molar-refractivity contribution in [1.82, 2.24) is 5.32 Å². The van der Waals surface area contributed by atoms with E-state index >= 15 is 0 Å². The minimum Gasteiger partial charge on any atom is -0.375 e. The van der Waals surface area contributed by atoms with Gasteiger partial charge in [0.1, 0.15) is 6.04 Å². The van der Waals surface area contributed by atoms with E-state index in [9.17, 15) is 13.2 Å². The Hall–Kier alpha value is -0.290. The van der Waals surface area contributed by atoms with E-state index < -0.39 is 12.2 Å². The van der Waals surface area contributed by atoms with Crippen molar-refractivity contribution in [2.75, 3.05) is 13.2 Å². The van der Waals surface area contributed by atoms with Gasteiger partial charge < -0.3 is 10.1 Å². The van der Waals surface area contributed by atoms with E-state index in [0.29, 0.717) is 26.0 Å². The average Bonchev–Trinajstić information content (AvgIpc) is 2.76. The molecule has 1 spiro atoms. The van der Waals surface area contributed by atoms with Crippen LogP contribution in [0, 0.1) is 5.92 Å². The quantitative estimate of drug-likeness (QED) is 0.848. The molecule has 5 heteroatoms. The maximum Gasteiger partial charge on any atom is 0.404 e. The fourth-order valence-electron chi connectivity index (χ4n) is 3.57. The third kappa shape index (κ3) is 3.63. The molecular weight excluding hydrogens is 255 g/mol. The fraction of sp³-hybridized carbons (Fsp3) is 1.00. The highest BCUT2D eigenvalue weighted by Crippen LogP contribution is 2.44. The van der Waals surface area contributed by atoms with Gasteiger partial charge in [0, 0.05) is 6.61 Å². The van der Waals surface area contributed by atoms with Gasteiger partial charge in [-0.1, -0.05) is 19.8 Å². The zero-order valence-electron chi connectivity index (χ0n) is 11.6. The maximum atomic E-state index is 13.2. The van der Waals surface area contributed by atoms with Gasteiger partial charge >= 0.3 is 6.18 Å². The summed E-state index contributed by atoms with van der Waals surface area (Å²) in [5, 5.41) is 2.70. The van der Waals surface area contributed by atoms with Crippen LogP contribution in [0.25, 0.3) is 0 Å². The molecule has 2 nitrogen and oxygen atoms in total. The zero-order chi connectivity index (χ0) is 13.9. The minimum absolute atomic E-state index is 0.250. The van der Waals surface area contributed by atoms with E-state index in [0.717, 1.165) is 32.1 Å². The number of rotatable bonds is 4. The molecule has 0 aromatic heterocycles. The Labute approximate surface area is 113 Å². The first-order valence-electron chi connectivity index (χ1n) is 7.41. The van der Waals surface area contributed by atoms with Crippen LogP contribution >= 0.6 is 0 Å². The fourth-order valence-corrected chi connectivity index (χ4v) is 3.57. The number of hydrogen-bond acceptors (Lipinski definition) is 2. The van der Waals surface area contributed by atoms with Gasteiger partial charge in [-0.05, 0) is 44.6 Å². The predicted molar refractivity (Wildman–Crippen MR) is 68.0 cm³/mol. The average molecular weight is 279 g/mol. The van der Waals surface area contributed by atoms with Crippen molar-refractivity contribution in [2.45, 2.75) is 69.7 Å². The Kier molecular flexibility index (Phi) is 4.77. The molecule has 1 aliphatic carbocycles. The third-order valence-corrected chi connectivity index (χ3v) is 4.48. The van der Waals surface area contributed by atoms with Gasteiger partial charge in [-0.3, -0.25) is 0 Å². The summed E-state index contributed by atoms with van der Waals surface area (Å²) in [5.41, 5.74) is -0.250. The van der Waals surface area contributed by atoms with E-state index in [1.54, 1.807) is 0 Å². The predicted octanol–water partition coefficient (Wildman–Crippen LogP) is 3.66. The lowest BCUT2D eigenvalue weighted by molar-refractivity contribution is -0.187. The van der Waals surface area contributed by atoms with Gasteiger partial charge in [0.15, 0.2) is 0 Å². The molecule has 0 amide bonds. The van der Waals surface area contributed by atoms with Crippen molar-refractivity contribution < 1.29 is 17.9 Å². The first-order chi connectivity index (χ1) is 8.97. The molecule has 1 saturated heterocycles. The summed E-state index contributed by atoms with van der Waals surface area (Å²) in [4.78, 5) is 0. The van der Waals surface area contributed by atoms with Crippen LogP contribution in [0.5, 0.6) is 0 Å². The molecule has 2 aliphatic rings. The lowest BCUT2D eigenvalue weighted by atomic mass is 9.80. The Morgan fingerprint density at radius 2 is 2.00 bits per heavy atom. The summed E-state index contributed by atoms with van der Waals surface area (Å²) in [6.45, 7) is 2.79. The van der Waals surface area contributed by atoms with Crippen molar-refractivity contribution in [3.63, 3.8) is 0 Å². The molecule has 0 aromatic rings. The molecule has 1 heterocycles. The van der Waals surface area contributed by atoms with Gasteiger partial charge in [-0.15, -0.1) is 0 Å². The molecule has 1 saturated carbocycles. The van der Waals surface area contributed by atoms with Crippen LogP contribution in [0.3, 0.4) is 0 Å². The Morgan fingerprint density at radius 3 is 2.58 bits per heavy atom. The molecule has 2 rings (SSSR count). The molecule has 112 valence electrons. The van der Waals surface area contributed by atoms with Gasteiger partial charge in [0.05, 0.1) is 5.60 Å². The summed E-state index contributed by atoms with van der Waals surface area (Å²) < 4.78 is 45.4. The number of hydrogen-bond donors (Lipinski definition) is 1. The van der Waals surface area contributed by atoms with Crippen molar-refractivity contribution in [3.8, 4) is 0 Å².